The molecule has 2 heterocycles. The number of esters is 1. The van der Waals surface area contributed by atoms with Crippen molar-refractivity contribution in [3.05, 3.63) is 11.1 Å². The van der Waals surface area contributed by atoms with Gasteiger partial charge in [0.1, 0.15) is 0 Å². The molecule has 1 unspecified atom stereocenters. The number of hydrogen-bond donors (Lipinski definition) is 1. The van der Waals surface area contributed by atoms with Gasteiger partial charge in [0.25, 0.3) is 0 Å². The van der Waals surface area contributed by atoms with Gasteiger partial charge in [0.05, 0.1) is 18.7 Å². The number of nitrogens with zero attached hydrogens (tertiary/aromatic N) is 2. The van der Waals surface area contributed by atoms with Crippen LogP contribution in [0, 0.1) is 5.92 Å². The summed E-state index contributed by atoms with van der Waals surface area (Å²) < 4.78 is 4.81. The molecule has 0 spiro atoms. The van der Waals surface area contributed by atoms with Crippen LogP contribution >= 0.6 is 11.3 Å². The second-order valence-corrected chi connectivity index (χ2v) is 5.78. The van der Waals surface area contributed by atoms with Crippen LogP contribution < -0.4 is 5.32 Å². The van der Waals surface area contributed by atoms with Crippen molar-refractivity contribution in [2.45, 2.75) is 26.3 Å². The zero-order valence-corrected chi connectivity index (χ0v) is 12.5. The van der Waals surface area contributed by atoms with Gasteiger partial charge < -0.3 is 10.1 Å². The van der Waals surface area contributed by atoms with Crippen LogP contribution in [-0.4, -0.2) is 42.0 Å². The number of nitrogens with one attached hydrogen (secondary N) is 1. The minimum absolute atomic E-state index is 0.0396. The number of anilines is 1. The van der Waals surface area contributed by atoms with E-state index in [4.69, 9.17) is 4.74 Å². The Morgan fingerprint density at radius 1 is 1.60 bits per heavy atom. The lowest BCUT2D eigenvalue weighted by Crippen LogP contribution is -2.38. The van der Waals surface area contributed by atoms with Crippen LogP contribution in [-0.2, 0) is 20.9 Å². The van der Waals surface area contributed by atoms with E-state index in [1.165, 1.54) is 25.4 Å². The SMILES string of the molecule is COC(=O)C1CCCN(Cc2csc(NC(C)=O)n2)C1. The number of carbonyl (C=O) groups excluding carboxylic acids is 2. The quantitative estimate of drug-likeness (QED) is 0.853. The maximum absolute atomic E-state index is 11.6. The number of likely N-dealkylation sites (tertiary alicyclic amines) is 1. The number of carbonyl (C=O) groups is 2. The molecule has 2 rings (SSSR count). The first-order chi connectivity index (χ1) is 9.58. The molecule has 7 heteroatoms. The van der Waals surface area contributed by atoms with Gasteiger partial charge in [0.15, 0.2) is 5.13 Å². The number of ether oxygens (including phenoxy) is 1. The molecule has 1 atom stereocenters. The van der Waals surface area contributed by atoms with E-state index in [1.807, 2.05) is 5.38 Å². The summed E-state index contributed by atoms with van der Waals surface area (Å²) in [5.41, 5.74) is 0.921. The van der Waals surface area contributed by atoms with Crippen molar-refractivity contribution in [1.29, 1.82) is 0 Å². The number of hydrogen-bond acceptors (Lipinski definition) is 6. The average Bonchev–Trinajstić information content (AvgIpc) is 2.84. The standard InChI is InChI=1S/C13H19N3O3S/c1-9(17)14-13-15-11(8-20-13)7-16-5-3-4-10(6-16)12(18)19-2/h8,10H,3-7H2,1-2H3,(H,14,15,17). The monoisotopic (exact) mass is 297 g/mol. The molecule has 1 saturated heterocycles. The van der Waals surface area contributed by atoms with E-state index >= 15 is 0 Å². The van der Waals surface area contributed by atoms with Crippen LogP contribution in [0.15, 0.2) is 5.38 Å². The fraction of sp³-hybridized carbons (Fsp3) is 0.615. The lowest BCUT2D eigenvalue weighted by Gasteiger charge is -2.30. The van der Waals surface area contributed by atoms with Crippen molar-refractivity contribution in [3.63, 3.8) is 0 Å². The summed E-state index contributed by atoms with van der Waals surface area (Å²) >= 11 is 1.42. The van der Waals surface area contributed by atoms with Gasteiger partial charge in [-0.15, -0.1) is 11.3 Å². The first-order valence-electron chi connectivity index (χ1n) is 6.60. The van der Waals surface area contributed by atoms with Crippen LogP contribution in [0.4, 0.5) is 5.13 Å². The number of thiazole rings is 1. The third-order valence-corrected chi connectivity index (χ3v) is 4.07. The molecule has 110 valence electrons. The first kappa shape index (κ1) is 14.9. The van der Waals surface area contributed by atoms with Gasteiger partial charge in [-0.1, -0.05) is 0 Å². The molecule has 0 aliphatic carbocycles. The molecule has 1 fully saturated rings. The third kappa shape index (κ3) is 4.01. The summed E-state index contributed by atoms with van der Waals surface area (Å²) in [7, 11) is 1.43. The molecule has 0 radical (unpaired) electrons. The Labute approximate surface area is 122 Å². The summed E-state index contributed by atoms with van der Waals surface area (Å²) in [6.07, 6.45) is 1.87. The van der Waals surface area contributed by atoms with Crippen molar-refractivity contribution < 1.29 is 14.3 Å². The number of piperidine rings is 1. The topological polar surface area (TPSA) is 71.5 Å². The van der Waals surface area contributed by atoms with Crippen molar-refractivity contribution in [3.8, 4) is 0 Å². The van der Waals surface area contributed by atoms with Gasteiger partial charge in [-0.2, -0.15) is 0 Å². The number of rotatable bonds is 4. The molecule has 1 N–H and O–H groups in total. The first-order valence-corrected chi connectivity index (χ1v) is 7.48. The Kier molecular flexibility index (Phi) is 5.08. The predicted molar refractivity (Wildman–Crippen MR) is 76.4 cm³/mol. The van der Waals surface area contributed by atoms with E-state index in [-0.39, 0.29) is 17.8 Å². The highest BCUT2D eigenvalue weighted by Crippen LogP contribution is 2.21. The molecule has 0 bridgehead atoms. The van der Waals surface area contributed by atoms with E-state index in [1.54, 1.807) is 0 Å². The predicted octanol–water partition coefficient (Wildman–Crippen LogP) is 1.49. The number of amides is 1. The second kappa shape index (κ2) is 6.81. The molecule has 1 aliphatic rings. The largest absolute Gasteiger partial charge is 0.469 e. The highest BCUT2D eigenvalue weighted by molar-refractivity contribution is 7.13. The van der Waals surface area contributed by atoms with Gasteiger partial charge in [0, 0.05) is 25.4 Å². The van der Waals surface area contributed by atoms with Crippen molar-refractivity contribution >= 4 is 28.3 Å². The van der Waals surface area contributed by atoms with Crippen LogP contribution in [0.25, 0.3) is 0 Å². The summed E-state index contributed by atoms with van der Waals surface area (Å²) in [6, 6.07) is 0. The van der Waals surface area contributed by atoms with Crippen molar-refractivity contribution in [2.24, 2.45) is 5.92 Å². The smallest absolute Gasteiger partial charge is 0.309 e. The number of aromatic nitrogens is 1. The van der Waals surface area contributed by atoms with E-state index in [9.17, 15) is 9.59 Å². The molecular formula is C13H19N3O3S. The van der Waals surface area contributed by atoms with Crippen LogP contribution in [0.1, 0.15) is 25.5 Å². The molecule has 1 aliphatic heterocycles. The van der Waals surface area contributed by atoms with Crippen LogP contribution in [0.3, 0.4) is 0 Å². The Balaban J connectivity index is 1.90. The molecule has 6 nitrogen and oxygen atoms in total. The Bertz CT molecular complexity index is 489. The van der Waals surface area contributed by atoms with Crippen LogP contribution in [0.2, 0.25) is 0 Å². The molecule has 0 aromatic carbocycles. The summed E-state index contributed by atoms with van der Waals surface area (Å²) in [6.45, 7) is 3.83. The van der Waals surface area contributed by atoms with Gasteiger partial charge in [-0.25, -0.2) is 4.98 Å². The molecule has 1 aromatic rings. The molecule has 0 saturated carbocycles. The van der Waals surface area contributed by atoms with Gasteiger partial charge in [0.2, 0.25) is 5.91 Å². The maximum Gasteiger partial charge on any atom is 0.309 e. The van der Waals surface area contributed by atoms with Crippen LogP contribution in [0.5, 0.6) is 0 Å². The minimum atomic E-state index is -0.132. The lowest BCUT2D eigenvalue weighted by molar-refractivity contribution is -0.147. The number of methoxy groups -OCH3 is 1. The molecular weight excluding hydrogens is 278 g/mol. The third-order valence-electron chi connectivity index (χ3n) is 3.26. The summed E-state index contributed by atoms with van der Waals surface area (Å²) in [5, 5.41) is 5.23. The normalized spacial score (nSPS) is 19.6. The van der Waals surface area contributed by atoms with Gasteiger partial charge >= 0.3 is 5.97 Å². The Morgan fingerprint density at radius 2 is 2.40 bits per heavy atom. The fourth-order valence-electron chi connectivity index (χ4n) is 2.37. The molecule has 1 aromatic heterocycles. The zero-order valence-electron chi connectivity index (χ0n) is 11.7. The van der Waals surface area contributed by atoms with E-state index in [2.05, 4.69) is 15.2 Å². The highest BCUT2D eigenvalue weighted by atomic mass is 32.1. The maximum atomic E-state index is 11.6. The Morgan fingerprint density at radius 3 is 3.10 bits per heavy atom. The lowest BCUT2D eigenvalue weighted by atomic mass is 9.98. The molecule has 20 heavy (non-hydrogen) atoms. The van der Waals surface area contributed by atoms with E-state index in [0.29, 0.717) is 18.2 Å². The molecule has 1 amide bonds. The van der Waals surface area contributed by atoms with E-state index < -0.39 is 0 Å². The van der Waals surface area contributed by atoms with E-state index in [0.717, 1.165) is 25.1 Å². The van der Waals surface area contributed by atoms with Crippen molar-refractivity contribution in [1.82, 2.24) is 9.88 Å². The summed E-state index contributed by atoms with van der Waals surface area (Å²) in [4.78, 5) is 29.1. The van der Waals surface area contributed by atoms with Gasteiger partial charge in [-0.3, -0.25) is 14.5 Å². The minimum Gasteiger partial charge on any atom is -0.469 e. The second-order valence-electron chi connectivity index (χ2n) is 4.92. The van der Waals surface area contributed by atoms with Crippen molar-refractivity contribution in [2.75, 3.05) is 25.5 Å². The highest BCUT2D eigenvalue weighted by Gasteiger charge is 2.26. The summed E-state index contributed by atoms with van der Waals surface area (Å²) in [5.74, 6) is -0.288. The zero-order chi connectivity index (χ0) is 14.5. The average molecular weight is 297 g/mol. The Hall–Kier alpha value is -1.47. The fourth-order valence-corrected chi connectivity index (χ4v) is 3.12. The van der Waals surface area contributed by atoms with Gasteiger partial charge in [-0.05, 0) is 19.4 Å².